The Labute approximate surface area is 211 Å². The lowest BCUT2D eigenvalue weighted by Crippen LogP contribution is -2.38. The molecule has 0 spiro atoms. The second-order valence-electron chi connectivity index (χ2n) is 8.85. The largest absolute Gasteiger partial charge is 0.367 e. The van der Waals surface area contributed by atoms with E-state index in [1.54, 1.807) is 12.4 Å². The van der Waals surface area contributed by atoms with Gasteiger partial charge in [-0.3, -0.25) is 9.88 Å². The number of pyridine rings is 1. The summed E-state index contributed by atoms with van der Waals surface area (Å²) in [6.07, 6.45) is 7.60. The van der Waals surface area contributed by atoms with Crippen molar-refractivity contribution in [2.75, 3.05) is 23.7 Å². The maximum absolute atomic E-state index is 6.12. The van der Waals surface area contributed by atoms with Gasteiger partial charge in [0.05, 0.1) is 0 Å². The average molecular weight is 485 g/mol. The molecular weight excluding hydrogens is 456 g/mol. The zero-order chi connectivity index (χ0) is 23.9. The number of benzene rings is 2. The SMILES string of the molecule is Clc1ccc(-c2cnc(NCc3ccncc3)nc2NC2CCN(Cc3ccccc3)CC2)cc1. The van der Waals surface area contributed by atoms with Crippen LogP contribution in [-0.4, -0.2) is 39.0 Å². The van der Waals surface area contributed by atoms with Gasteiger partial charge < -0.3 is 10.6 Å². The Morgan fingerprint density at radius 2 is 1.63 bits per heavy atom. The van der Waals surface area contributed by atoms with Gasteiger partial charge in [0, 0.05) is 61.4 Å². The number of aromatic nitrogens is 3. The Balaban J connectivity index is 1.29. The molecule has 2 aromatic carbocycles. The highest BCUT2D eigenvalue weighted by atomic mass is 35.5. The second kappa shape index (κ2) is 11.3. The van der Waals surface area contributed by atoms with E-state index in [9.17, 15) is 0 Å². The van der Waals surface area contributed by atoms with E-state index in [0.29, 0.717) is 23.6 Å². The molecule has 1 saturated heterocycles. The molecule has 5 rings (SSSR count). The lowest BCUT2D eigenvalue weighted by Gasteiger charge is -2.33. The van der Waals surface area contributed by atoms with Gasteiger partial charge in [0.1, 0.15) is 5.82 Å². The average Bonchev–Trinajstić information content (AvgIpc) is 2.91. The van der Waals surface area contributed by atoms with Gasteiger partial charge in [0.15, 0.2) is 0 Å². The molecule has 6 nitrogen and oxygen atoms in total. The standard InChI is InChI=1S/C28H29ClN6/c29-24-8-6-23(7-9-24)26-19-32-28(31-18-21-10-14-30-15-11-21)34-27(26)33-25-12-16-35(17-13-25)20-22-4-2-1-3-5-22/h1-11,14-15,19,25H,12-13,16-18,20H2,(H2,31,32,33,34). The molecule has 0 bridgehead atoms. The number of nitrogens with zero attached hydrogens (tertiary/aromatic N) is 4. The molecule has 3 heterocycles. The number of likely N-dealkylation sites (tertiary alicyclic amines) is 1. The van der Waals surface area contributed by atoms with Crippen LogP contribution in [0.5, 0.6) is 0 Å². The van der Waals surface area contributed by atoms with Crippen molar-refractivity contribution in [3.05, 3.63) is 101 Å². The van der Waals surface area contributed by atoms with Crippen molar-refractivity contribution >= 4 is 23.4 Å². The number of hydrogen-bond donors (Lipinski definition) is 2. The Bertz CT molecular complexity index is 1210. The number of nitrogens with one attached hydrogen (secondary N) is 2. The zero-order valence-corrected chi connectivity index (χ0v) is 20.3. The molecule has 0 unspecified atom stereocenters. The van der Waals surface area contributed by atoms with Crippen LogP contribution in [0.15, 0.2) is 85.3 Å². The fourth-order valence-corrected chi connectivity index (χ4v) is 4.50. The normalized spacial score (nSPS) is 14.5. The number of piperidine rings is 1. The number of hydrogen-bond acceptors (Lipinski definition) is 6. The number of rotatable bonds is 8. The fraction of sp³-hybridized carbons (Fsp3) is 0.250. The molecule has 0 radical (unpaired) electrons. The summed E-state index contributed by atoms with van der Waals surface area (Å²) in [4.78, 5) is 16.1. The van der Waals surface area contributed by atoms with Crippen LogP contribution in [-0.2, 0) is 13.1 Å². The summed E-state index contributed by atoms with van der Waals surface area (Å²) in [6.45, 7) is 3.75. The molecule has 1 aliphatic heterocycles. The Hall–Kier alpha value is -3.48. The van der Waals surface area contributed by atoms with Gasteiger partial charge in [0.2, 0.25) is 5.95 Å². The highest BCUT2D eigenvalue weighted by Gasteiger charge is 2.21. The molecule has 4 aromatic rings. The van der Waals surface area contributed by atoms with Crippen molar-refractivity contribution in [2.24, 2.45) is 0 Å². The minimum absolute atomic E-state index is 0.357. The van der Waals surface area contributed by atoms with Crippen LogP contribution >= 0.6 is 11.6 Å². The third-order valence-electron chi connectivity index (χ3n) is 6.32. The van der Waals surface area contributed by atoms with Crippen LogP contribution in [0.25, 0.3) is 11.1 Å². The predicted molar refractivity (Wildman–Crippen MR) is 142 cm³/mol. The third-order valence-corrected chi connectivity index (χ3v) is 6.57. The van der Waals surface area contributed by atoms with E-state index in [4.69, 9.17) is 16.6 Å². The van der Waals surface area contributed by atoms with Crippen LogP contribution < -0.4 is 10.6 Å². The van der Waals surface area contributed by atoms with Gasteiger partial charge in [0.25, 0.3) is 0 Å². The smallest absolute Gasteiger partial charge is 0.224 e. The first-order valence-electron chi connectivity index (χ1n) is 12.0. The first-order chi connectivity index (χ1) is 17.2. The van der Waals surface area contributed by atoms with Crippen molar-refractivity contribution in [3.8, 4) is 11.1 Å². The molecule has 0 aliphatic carbocycles. The van der Waals surface area contributed by atoms with Crippen molar-refractivity contribution < 1.29 is 0 Å². The van der Waals surface area contributed by atoms with Gasteiger partial charge >= 0.3 is 0 Å². The predicted octanol–water partition coefficient (Wildman–Crippen LogP) is 5.88. The van der Waals surface area contributed by atoms with Crippen LogP contribution in [0.3, 0.4) is 0 Å². The van der Waals surface area contributed by atoms with Gasteiger partial charge in [-0.2, -0.15) is 4.98 Å². The van der Waals surface area contributed by atoms with E-state index in [1.165, 1.54) is 5.56 Å². The Kier molecular flexibility index (Phi) is 7.51. The van der Waals surface area contributed by atoms with Crippen LogP contribution in [0, 0.1) is 0 Å². The Morgan fingerprint density at radius 3 is 2.37 bits per heavy atom. The fourth-order valence-electron chi connectivity index (χ4n) is 4.37. The molecule has 2 aromatic heterocycles. The molecular formula is C28H29ClN6. The molecule has 1 aliphatic rings. The van der Waals surface area contributed by atoms with Crippen LogP contribution in [0.4, 0.5) is 11.8 Å². The van der Waals surface area contributed by atoms with Crippen molar-refractivity contribution in [1.82, 2.24) is 19.9 Å². The Morgan fingerprint density at radius 1 is 0.886 bits per heavy atom. The van der Waals surface area contributed by atoms with Crippen LogP contribution in [0.2, 0.25) is 5.02 Å². The zero-order valence-electron chi connectivity index (χ0n) is 19.6. The van der Waals surface area contributed by atoms with Gasteiger partial charge in [-0.25, -0.2) is 4.98 Å². The summed E-state index contributed by atoms with van der Waals surface area (Å²) in [6, 6.07) is 22.8. The molecule has 1 fully saturated rings. The van der Waals surface area contributed by atoms with E-state index >= 15 is 0 Å². The lowest BCUT2D eigenvalue weighted by molar-refractivity contribution is 0.211. The third kappa shape index (κ3) is 6.35. The highest BCUT2D eigenvalue weighted by molar-refractivity contribution is 6.30. The van der Waals surface area contributed by atoms with Gasteiger partial charge in [-0.05, 0) is 53.8 Å². The summed E-state index contributed by atoms with van der Waals surface area (Å²) in [5, 5.41) is 7.78. The summed E-state index contributed by atoms with van der Waals surface area (Å²) in [5.74, 6) is 1.45. The molecule has 178 valence electrons. The summed E-state index contributed by atoms with van der Waals surface area (Å²) < 4.78 is 0. The number of halogens is 1. The second-order valence-corrected chi connectivity index (χ2v) is 9.29. The molecule has 7 heteroatoms. The molecule has 0 atom stereocenters. The monoisotopic (exact) mass is 484 g/mol. The summed E-state index contributed by atoms with van der Waals surface area (Å²) >= 11 is 6.12. The van der Waals surface area contributed by atoms with Crippen molar-refractivity contribution in [2.45, 2.75) is 32.0 Å². The summed E-state index contributed by atoms with van der Waals surface area (Å²) in [5.41, 5.74) is 4.51. The topological polar surface area (TPSA) is 66.0 Å². The number of anilines is 2. The quantitative estimate of drug-likeness (QED) is 0.325. The molecule has 35 heavy (non-hydrogen) atoms. The minimum Gasteiger partial charge on any atom is -0.367 e. The molecule has 0 amide bonds. The van der Waals surface area contributed by atoms with Crippen LogP contribution in [0.1, 0.15) is 24.0 Å². The van der Waals surface area contributed by atoms with Crippen molar-refractivity contribution in [1.29, 1.82) is 0 Å². The minimum atomic E-state index is 0.357. The van der Waals surface area contributed by atoms with Gasteiger partial charge in [-0.1, -0.05) is 54.1 Å². The maximum Gasteiger partial charge on any atom is 0.224 e. The first-order valence-corrected chi connectivity index (χ1v) is 12.4. The van der Waals surface area contributed by atoms with E-state index in [-0.39, 0.29) is 0 Å². The molecule has 0 saturated carbocycles. The van der Waals surface area contributed by atoms with Gasteiger partial charge in [-0.15, -0.1) is 0 Å². The van der Waals surface area contributed by atoms with E-state index in [2.05, 4.69) is 55.8 Å². The van der Waals surface area contributed by atoms with E-state index in [0.717, 1.165) is 55.0 Å². The maximum atomic E-state index is 6.12. The molecule has 2 N–H and O–H groups in total. The van der Waals surface area contributed by atoms with Crippen molar-refractivity contribution in [3.63, 3.8) is 0 Å². The van der Waals surface area contributed by atoms with E-state index < -0.39 is 0 Å². The van der Waals surface area contributed by atoms with E-state index in [1.807, 2.05) is 42.6 Å². The highest BCUT2D eigenvalue weighted by Crippen LogP contribution is 2.30. The lowest BCUT2D eigenvalue weighted by atomic mass is 10.0. The first kappa shape index (κ1) is 23.3. The summed E-state index contributed by atoms with van der Waals surface area (Å²) in [7, 11) is 0.